The number of benzene rings is 1. The number of primary amides is 1. The fourth-order valence-corrected chi connectivity index (χ4v) is 1.49. The molecule has 0 heterocycles. The number of urea groups is 1. The minimum atomic E-state index is -0.638. The van der Waals surface area contributed by atoms with Crippen LogP contribution in [0.25, 0.3) is 0 Å². The molecule has 0 aromatic heterocycles. The van der Waals surface area contributed by atoms with Gasteiger partial charge in [0.25, 0.3) is 0 Å². The molecule has 1 aromatic carbocycles. The van der Waals surface area contributed by atoms with Crippen molar-refractivity contribution in [2.45, 2.75) is 6.92 Å². The van der Waals surface area contributed by atoms with Gasteiger partial charge in [0, 0.05) is 24.6 Å². The molecule has 15 heavy (non-hydrogen) atoms. The van der Waals surface area contributed by atoms with Crippen LogP contribution in [0.15, 0.2) is 24.3 Å². The van der Waals surface area contributed by atoms with Gasteiger partial charge in [0.1, 0.15) is 0 Å². The third-order valence-electron chi connectivity index (χ3n) is 1.82. The Balaban J connectivity index is 2.69. The van der Waals surface area contributed by atoms with Gasteiger partial charge >= 0.3 is 6.03 Å². The second-order valence-corrected chi connectivity index (χ2v) is 4.18. The third kappa shape index (κ3) is 3.28. The van der Waals surface area contributed by atoms with E-state index in [1.54, 1.807) is 12.1 Å². The number of nitrogens with two attached hydrogens (primary N) is 1. The van der Waals surface area contributed by atoms with Gasteiger partial charge in [-0.2, -0.15) is 0 Å². The van der Waals surface area contributed by atoms with E-state index in [1.807, 2.05) is 19.1 Å². The van der Waals surface area contributed by atoms with Crippen molar-refractivity contribution in [2.75, 3.05) is 7.05 Å². The first-order valence-electron chi connectivity index (χ1n) is 4.33. The number of carbonyl (C=O) groups is 2. The molecular weight excluding hydrogens is 212 g/mol. The smallest absolute Gasteiger partial charge is 0.324 e. The minimum Gasteiger partial charge on any atom is -0.351 e. The molecule has 0 aliphatic rings. The van der Waals surface area contributed by atoms with E-state index in [1.165, 1.54) is 7.05 Å². The summed E-state index contributed by atoms with van der Waals surface area (Å²) in [6, 6.07) is 6.50. The fraction of sp³-hybridized carbons (Fsp3) is 0.200. The average molecular weight is 224 g/mol. The fourth-order valence-electron chi connectivity index (χ4n) is 0.912. The Bertz CT molecular complexity index is 376. The monoisotopic (exact) mass is 224 g/mol. The van der Waals surface area contributed by atoms with E-state index in [0.29, 0.717) is 5.56 Å². The number of carbonyl (C=O) groups excluding carboxylic acids is 2. The predicted octanol–water partition coefficient (Wildman–Crippen LogP) is 1.79. The molecule has 5 heteroatoms. The quantitative estimate of drug-likeness (QED) is 0.740. The van der Waals surface area contributed by atoms with Crippen LogP contribution in [0, 0.1) is 6.92 Å². The van der Waals surface area contributed by atoms with Crippen LogP contribution in [0.1, 0.15) is 15.9 Å². The number of amides is 2. The molecule has 1 rings (SSSR count). The first kappa shape index (κ1) is 11.6. The zero-order chi connectivity index (χ0) is 11.4. The van der Waals surface area contributed by atoms with Gasteiger partial charge in [0.2, 0.25) is 5.12 Å². The average Bonchev–Trinajstić information content (AvgIpc) is 2.18. The summed E-state index contributed by atoms with van der Waals surface area (Å²) in [5.74, 6) is 0. The molecule has 0 bridgehead atoms. The Labute approximate surface area is 92.6 Å². The molecule has 0 fully saturated rings. The second-order valence-electron chi connectivity index (χ2n) is 3.08. The number of rotatable bonds is 1. The summed E-state index contributed by atoms with van der Waals surface area (Å²) in [6.45, 7) is 1.94. The van der Waals surface area contributed by atoms with Crippen LogP contribution in [0.4, 0.5) is 4.79 Å². The van der Waals surface area contributed by atoms with E-state index in [-0.39, 0.29) is 5.12 Å². The molecule has 0 saturated carbocycles. The lowest BCUT2D eigenvalue weighted by molar-refractivity contribution is 0.108. The van der Waals surface area contributed by atoms with Crippen molar-refractivity contribution in [3.8, 4) is 0 Å². The predicted molar refractivity (Wildman–Crippen MR) is 60.4 cm³/mol. The highest BCUT2D eigenvalue weighted by atomic mass is 32.2. The summed E-state index contributed by atoms with van der Waals surface area (Å²) in [7, 11) is 1.46. The number of nitrogens with zero attached hydrogens (tertiary/aromatic N) is 1. The van der Waals surface area contributed by atoms with Crippen molar-refractivity contribution in [1.82, 2.24) is 4.31 Å². The Kier molecular flexibility index (Phi) is 3.74. The van der Waals surface area contributed by atoms with E-state index in [4.69, 9.17) is 5.73 Å². The van der Waals surface area contributed by atoms with Crippen LogP contribution >= 0.6 is 11.9 Å². The maximum absolute atomic E-state index is 11.6. The van der Waals surface area contributed by atoms with Crippen molar-refractivity contribution in [1.29, 1.82) is 0 Å². The lowest BCUT2D eigenvalue weighted by Crippen LogP contribution is -2.27. The Hall–Kier alpha value is -1.49. The van der Waals surface area contributed by atoms with Crippen LogP contribution in [0.5, 0.6) is 0 Å². The molecule has 0 saturated heterocycles. The van der Waals surface area contributed by atoms with Gasteiger partial charge in [0.05, 0.1) is 0 Å². The van der Waals surface area contributed by atoms with E-state index >= 15 is 0 Å². The highest BCUT2D eigenvalue weighted by Crippen LogP contribution is 2.15. The standard InChI is InChI=1S/C10H12N2O2S/c1-7-3-5-8(6-4-7)9(13)15-12(2)10(11)14/h3-6H,1-2H3,(H2,11,14). The largest absolute Gasteiger partial charge is 0.351 e. The van der Waals surface area contributed by atoms with Crippen molar-refractivity contribution in [3.63, 3.8) is 0 Å². The van der Waals surface area contributed by atoms with Gasteiger partial charge in [-0.25, -0.2) is 4.79 Å². The van der Waals surface area contributed by atoms with Crippen molar-refractivity contribution in [2.24, 2.45) is 5.73 Å². The van der Waals surface area contributed by atoms with Gasteiger partial charge in [-0.15, -0.1) is 0 Å². The Morgan fingerprint density at radius 1 is 1.27 bits per heavy atom. The van der Waals surface area contributed by atoms with E-state index in [9.17, 15) is 9.59 Å². The summed E-state index contributed by atoms with van der Waals surface area (Å²) >= 11 is 0.787. The first-order valence-corrected chi connectivity index (χ1v) is 5.10. The molecule has 0 radical (unpaired) electrons. The summed E-state index contributed by atoms with van der Waals surface area (Å²) in [5, 5.41) is -0.198. The van der Waals surface area contributed by atoms with Crippen LogP contribution < -0.4 is 5.73 Å². The molecule has 0 unspecified atom stereocenters. The molecule has 0 aliphatic carbocycles. The Morgan fingerprint density at radius 2 is 1.80 bits per heavy atom. The number of hydrogen-bond donors (Lipinski definition) is 1. The zero-order valence-corrected chi connectivity index (χ0v) is 9.38. The second kappa shape index (κ2) is 4.84. The minimum absolute atomic E-state index is 0.198. The van der Waals surface area contributed by atoms with E-state index in [0.717, 1.165) is 21.8 Å². The van der Waals surface area contributed by atoms with Crippen molar-refractivity contribution < 1.29 is 9.59 Å². The van der Waals surface area contributed by atoms with Gasteiger partial charge in [-0.3, -0.25) is 9.10 Å². The van der Waals surface area contributed by atoms with Gasteiger partial charge in [-0.1, -0.05) is 29.8 Å². The SMILES string of the molecule is Cc1ccc(C(=O)SN(C)C(N)=O)cc1. The molecule has 0 aliphatic heterocycles. The molecule has 0 spiro atoms. The molecular formula is C10H12N2O2S. The zero-order valence-electron chi connectivity index (χ0n) is 8.56. The molecule has 1 aromatic rings. The highest BCUT2D eigenvalue weighted by molar-refractivity contribution is 8.12. The number of aryl methyl sites for hydroxylation is 1. The van der Waals surface area contributed by atoms with Crippen LogP contribution in [-0.2, 0) is 0 Å². The molecule has 2 N–H and O–H groups in total. The van der Waals surface area contributed by atoms with E-state index < -0.39 is 6.03 Å². The van der Waals surface area contributed by atoms with E-state index in [2.05, 4.69) is 0 Å². The van der Waals surface area contributed by atoms with Gasteiger partial charge < -0.3 is 5.73 Å². The lowest BCUT2D eigenvalue weighted by Gasteiger charge is -2.10. The molecule has 80 valence electrons. The summed E-state index contributed by atoms with van der Waals surface area (Å²) in [5.41, 5.74) is 6.64. The van der Waals surface area contributed by atoms with Crippen molar-refractivity contribution in [3.05, 3.63) is 35.4 Å². The summed E-state index contributed by atoms with van der Waals surface area (Å²) in [4.78, 5) is 22.3. The van der Waals surface area contributed by atoms with Crippen LogP contribution in [-0.4, -0.2) is 22.5 Å². The normalized spacial score (nSPS) is 9.73. The van der Waals surface area contributed by atoms with Crippen LogP contribution in [0.3, 0.4) is 0 Å². The van der Waals surface area contributed by atoms with Gasteiger partial charge in [0.15, 0.2) is 0 Å². The molecule has 2 amide bonds. The summed E-state index contributed by atoms with van der Waals surface area (Å²) in [6.07, 6.45) is 0. The maximum Gasteiger partial charge on any atom is 0.324 e. The molecule has 0 atom stereocenters. The first-order chi connectivity index (χ1) is 7.00. The third-order valence-corrected chi connectivity index (χ3v) is 2.67. The van der Waals surface area contributed by atoms with Crippen molar-refractivity contribution >= 4 is 23.1 Å². The maximum atomic E-state index is 11.6. The van der Waals surface area contributed by atoms with Gasteiger partial charge in [-0.05, 0) is 6.92 Å². The van der Waals surface area contributed by atoms with Crippen LogP contribution in [0.2, 0.25) is 0 Å². The lowest BCUT2D eigenvalue weighted by atomic mass is 10.2. The Morgan fingerprint density at radius 3 is 2.27 bits per heavy atom. The molecule has 4 nitrogen and oxygen atoms in total. The number of hydrogen-bond acceptors (Lipinski definition) is 3. The topological polar surface area (TPSA) is 63.4 Å². The summed E-state index contributed by atoms with van der Waals surface area (Å²) < 4.78 is 1.10. The highest BCUT2D eigenvalue weighted by Gasteiger charge is 2.12.